The maximum absolute atomic E-state index is 4.60. The Balaban J connectivity index is 3.58. The van der Waals surface area contributed by atoms with Gasteiger partial charge in [-0.05, 0) is 6.42 Å². The summed E-state index contributed by atoms with van der Waals surface area (Å²) in [4.78, 5) is 0. The zero-order chi connectivity index (χ0) is 5.91. The average molecular weight is 114 g/mol. The van der Waals surface area contributed by atoms with Gasteiger partial charge in [-0.1, -0.05) is 33.0 Å². The van der Waals surface area contributed by atoms with Crippen LogP contribution >= 0.6 is 12.2 Å². The van der Waals surface area contributed by atoms with Crippen LogP contribution in [-0.4, -0.2) is 5.37 Å². The van der Waals surface area contributed by atoms with Crippen molar-refractivity contribution >= 4 is 17.6 Å². The Morgan fingerprint density at radius 2 is 2.14 bits per heavy atom. The molecule has 0 rings (SSSR count). The summed E-state index contributed by atoms with van der Waals surface area (Å²) >= 11 is 4.60. The molecule has 0 saturated carbocycles. The Hall–Kier alpha value is 0.0900. The molecule has 0 aromatic rings. The lowest BCUT2D eigenvalue weighted by atomic mass is 9.94. The van der Waals surface area contributed by atoms with Crippen molar-refractivity contribution in [2.24, 2.45) is 5.41 Å². The fourth-order valence-electron chi connectivity index (χ4n) is 0.0510. The van der Waals surface area contributed by atoms with Crippen molar-refractivity contribution in [3.63, 3.8) is 0 Å². The van der Waals surface area contributed by atoms with E-state index in [9.17, 15) is 0 Å². The van der Waals surface area contributed by atoms with Gasteiger partial charge < -0.3 is 0 Å². The van der Waals surface area contributed by atoms with E-state index in [-0.39, 0.29) is 5.41 Å². The minimum Gasteiger partial charge on any atom is -0.0831 e. The fourth-order valence-corrected chi connectivity index (χ4v) is 0.153. The van der Waals surface area contributed by atoms with Crippen LogP contribution in [0.2, 0.25) is 0 Å². The molecule has 0 saturated heterocycles. The highest BCUT2D eigenvalue weighted by Gasteiger charge is 2.09. The van der Waals surface area contributed by atoms with Crippen LogP contribution in [0.4, 0.5) is 0 Å². The van der Waals surface area contributed by atoms with Crippen molar-refractivity contribution in [3.8, 4) is 0 Å². The molecule has 0 atom stereocenters. The predicted octanol–water partition coefficient (Wildman–Crippen LogP) is 2.11. The second-order valence-corrected chi connectivity index (χ2v) is 2.44. The molecular weight excluding hydrogens is 104 g/mol. The summed E-state index contributed by atoms with van der Waals surface area (Å²) in [6, 6.07) is 0. The van der Waals surface area contributed by atoms with Crippen LogP contribution in [0, 0.1) is 12.3 Å². The molecule has 0 amide bonds. The molecule has 0 aliphatic carbocycles. The SMILES string of the molecule is [CH2]CC(C)(C)[C]=S. The van der Waals surface area contributed by atoms with Gasteiger partial charge in [-0.15, -0.1) is 0 Å². The summed E-state index contributed by atoms with van der Waals surface area (Å²) in [7, 11) is 0. The minimum absolute atomic E-state index is 0.0370. The monoisotopic (exact) mass is 114 g/mol. The zero-order valence-corrected chi connectivity index (χ0v) is 5.64. The summed E-state index contributed by atoms with van der Waals surface area (Å²) in [5.41, 5.74) is 0.0370. The van der Waals surface area contributed by atoms with Gasteiger partial charge >= 0.3 is 0 Å². The Labute approximate surface area is 50.9 Å². The Morgan fingerprint density at radius 1 is 1.71 bits per heavy atom. The number of thiocarbonyl (C=S) groups is 1. The molecule has 0 heterocycles. The second-order valence-electron chi connectivity index (χ2n) is 2.24. The van der Waals surface area contributed by atoms with E-state index in [2.05, 4.69) is 24.5 Å². The third-order valence-electron chi connectivity index (χ3n) is 0.901. The minimum atomic E-state index is 0.0370. The van der Waals surface area contributed by atoms with Crippen LogP contribution in [0.5, 0.6) is 0 Å². The van der Waals surface area contributed by atoms with Crippen LogP contribution in [0.15, 0.2) is 0 Å². The molecule has 0 spiro atoms. The number of rotatable bonds is 2. The maximum atomic E-state index is 4.60. The van der Waals surface area contributed by atoms with Gasteiger partial charge in [-0.3, -0.25) is 0 Å². The molecular formula is C6H10S. The van der Waals surface area contributed by atoms with Crippen molar-refractivity contribution in [1.29, 1.82) is 0 Å². The van der Waals surface area contributed by atoms with Gasteiger partial charge in [0.1, 0.15) is 0 Å². The van der Waals surface area contributed by atoms with Gasteiger partial charge in [0.25, 0.3) is 0 Å². The van der Waals surface area contributed by atoms with Gasteiger partial charge in [0, 0.05) is 10.8 Å². The summed E-state index contributed by atoms with van der Waals surface area (Å²) < 4.78 is 0. The quantitative estimate of drug-likeness (QED) is 0.495. The average Bonchev–Trinajstić information content (AvgIpc) is 1.68. The number of hydrogen-bond acceptors (Lipinski definition) is 1. The normalized spacial score (nSPS) is 11.3. The largest absolute Gasteiger partial charge is 0.0831 e. The molecule has 0 unspecified atom stereocenters. The third-order valence-corrected chi connectivity index (χ3v) is 1.45. The summed E-state index contributed by atoms with van der Waals surface area (Å²) in [6.07, 6.45) is 0.830. The smallest absolute Gasteiger partial charge is 0.0353 e. The first kappa shape index (κ1) is 7.09. The van der Waals surface area contributed by atoms with Crippen LogP contribution in [-0.2, 0) is 0 Å². The lowest BCUT2D eigenvalue weighted by molar-refractivity contribution is 0.551. The first-order valence-corrected chi connectivity index (χ1v) is 2.72. The van der Waals surface area contributed by atoms with Gasteiger partial charge in [-0.25, -0.2) is 0 Å². The van der Waals surface area contributed by atoms with Gasteiger partial charge in [0.05, 0.1) is 0 Å². The Kier molecular flexibility index (Phi) is 2.44. The highest BCUT2D eigenvalue weighted by Crippen LogP contribution is 2.14. The van der Waals surface area contributed by atoms with E-state index < -0.39 is 0 Å². The van der Waals surface area contributed by atoms with E-state index in [4.69, 9.17) is 0 Å². The van der Waals surface area contributed by atoms with Crippen LogP contribution < -0.4 is 0 Å². The summed E-state index contributed by atoms with van der Waals surface area (Å²) in [5.74, 6) is 0. The van der Waals surface area contributed by atoms with Crippen molar-refractivity contribution in [2.75, 3.05) is 0 Å². The van der Waals surface area contributed by atoms with Crippen LogP contribution in [0.3, 0.4) is 0 Å². The van der Waals surface area contributed by atoms with Crippen LogP contribution in [0.1, 0.15) is 20.3 Å². The van der Waals surface area contributed by atoms with Crippen molar-refractivity contribution in [2.45, 2.75) is 20.3 Å². The van der Waals surface area contributed by atoms with E-state index in [1.54, 1.807) is 0 Å². The van der Waals surface area contributed by atoms with E-state index in [0.717, 1.165) is 6.42 Å². The molecule has 0 aromatic heterocycles. The van der Waals surface area contributed by atoms with E-state index in [0.29, 0.717) is 0 Å². The standard InChI is InChI=1S/C6H10S/c1-4-6(2,3)5-7/h1,4H2,2-3H3. The van der Waals surface area contributed by atoms with E-state index in [1.807, 2.05) is 13.8 Å². The summed E-state index contributed by atoms with van der Waals surface area (Å²) in [5, 5.41) is 2.71. The highest BCUT2D eigenvalue weighted by molar-refractivity contribution is 7.79. The van der Waals surface area contributed by atoms with Crippen LogP contribution in [0.25, 0.3) is 0 Å². The second kappa shape index (κ2) is 2.41. The molecule has 0 fully saturated rings. The maximum Gasteiger partial charge on any atom is 0.0353 e. The predicted molar refractivity (Wildman–Crippen MR) is 36.4 cm³/mol. The van der Waals surface area contributed by atoms with Gasteiger partial charge in [0.15, 0.2) is 0 Å². The first-order chi connectivity index (χ1) is 3.12. The molecule has 7 heavy (non-hydrogen) atoms. The van der Waals surface area contributed by atoms with Gasteiger partial charge in [0.2, 0.25) is 0 Å². The zero-order valence-electron chi connectivity index (χ0n) is 4.82. The first-order valence-electron chi connectivity index (χ1n) is 2.31. The number of hydrogen-bond donors (Lipinski definition) is 0. The molecule has 0 nitrogen and oxygen atoms in total. The summed E-state index contributed by atoms with van der Waals surface area (Å²) in [6.45, 7) is 7.74. The molecule has 1 heteroatoms. The molecule has 0 aliphatic rings. The topological polar surface area (TPSA) is 0 Å². The van der Waals surface area contributed by atoms with Crippen molar-refractivity contribution < 1.29 is 0 Å². The van der Waals surface area contributed by atoms with Crippen molar-refractivity contribution in [3.05, 3.63) is 6.92 Å². The van der Waals surface area contributed by atoms with E-state index >= 15 is 0 Å². The highest BCUT2D eigenvalue weighted by atomic mass is 32.1. The van der Waals surface area contributed by atoms with Gasteiger partial charge in [-0.2, -0.15) is 0 Å². The molecule has 40 valence electrons. The molecule has 2 radical (unpaired) electrons. The molecule has 0 bridgehead atoms. The Morgan fingerprint density at radius 3 is 2.14 bits per heavy atom. The molecule has 0 aliphatic heterocycles. The lowest BCUT2D eigenvalue weighted by Gasteiger charge is -2.12. The third kappa shape index (κ3) is 2.75. The van der Waals surface area contributed by atoms with E-state index in [1.165, 1.54) is 0 Å². The molecule has 0 N–H and O–H groups in total. The lowest BCUT2D eigenvalue weighted by Crippen LogP contribution is -2.08. The molecule has 0 aromatic carbocycles. The van der Waals surface area contributed by atoms with Crippen molar-refractivity contribution in [1.82, 2.24) is 0 Å². The fraction of sp³-hybridized carbons (Fsp3) is 0.667. The Bertz CT molecular complexity index is 64.6.